The third-order valence-electron chi connectivity index (χ3n) is 7.07. The maximum atomic E-state index is 11.5. The van der Waals surface area contributed by atoms with Crippen molar-refractivity contribution in [3.63, 3.8) is 0 Å². The van der Waals surface area contributed by atoms with Gasteiger partial charge in [0, 0.05) is 19.8 Å². The monoisotopic (exact) mass is 672 g/mol. The van der Waals surface area contributed by atoms with Crippen molar-refractivity contribution < 1.29 is 78.1 Å². The van der Waals surface area contributed by atoms with Crippen LogP contribution in [0.1, 0.15) is 20.8 Å². The van der Waals surface area contributed by atoms with Crippen LogP contribution in [-0.4, -0.2) is 183 Å². The van der Waals surface area contributed by atoms with E-state index in [1.807, 2.05) is 6.92 Å². The standard InChI is InChI=1S/C28H52N2O16/c1-16(14-41-6-4-39-8-10-43-27-21(29-17(2)33)25(37)23(35)19(12-31)45-27)15-42-7-5-40-9-11-44-28-22(30-18(3)34)26(38)24(36)20(13-32)46-28/h16,19-28,31-32,35-38H,4-15H2,1-3H3,(H,29,33)(H,30,34)/t16?,19?,20?,21?,22?,23-,24-,25?,26?,27+,28?/m0/s1. The number of amides is 2. The molecule has 46 heavy (non-hydrogen) atoms. The summed E-state index contributed by atoms with van der Waals surface area (Å²) in [6.45, 7) is 6.08. The number of hydrogen-bond acceptors (Lipinski definition) is 16. The molecular weight excluding hydrogens is 620 g/mol. The van der Waals surface area contributed by atoms with Gasteiger partial charge in [0.2, 0.25) is 11.8 Å². The minimum absolute atomic E-state index is 0.0730. The van der Waals surface area contributed by atoms with Crippen molar-refractivity contribution in [3.8, 4) is 0 Å². The van der Waals surface area contributed by atoms with Gasteiger partial charge in [-0.25, -0.2) is 0 Å². The first-order valence-electron chi connectivity index (χ1n) is 15.3. The molecule has 8 unspecified atom stereocenters. The summed E-state index contributed by atoms with van der Waals surface area (Å²) in [5.41, 5.74) is 0. The number of carbonyl (C=O) groups excluding carboxylic acids is 2. The zero-order chi connectivity index (χ0) is 34.1. The number of nitrogens with one attached hydrogen (secondary N) is 2. The first-order chi connectivity index (χ1) is 22.0. The lowest BCUT2D eigenvalue weighted by molar-refractivity contribution is -0.272. The Hall–Kier alpha value is -1.62. The lowest BCUT2D eigenvalue weighted by Gasteiger charge is -2.42. The maximum absolute atomic E-state index is 11.5. The molecule has 2 fully saturated rings. The molecule has 270 valence electrons. The third-order valence-corrected chi connectivity index (χ3v) is 7.07. The summed E-state index contributed by atoms with van der Waals surface area (Å²) in [7, 11) is 0. The molecule has 18 heteroatoms. The molecule has 0 aliphatic carbocycles. The fourth-order valence-corrected chi connectivity index (χ4v) is 4.73. The van der Waals surface area contributed by atoms with Crippen LogP contribution in [-0.2, 0) is 47.5 Å². The molecular formula is C28H52N2O16. The van der Waals surface area contributed by atoms with Gasteiger partial charge in [-0.2, -0.15) is 0 Å². The number of hydrogen-bond donors (Lipinski definition) is 8. The van der Waals surface area contributed by atoms with Gasteiger partial charge in [-0.1, -0.05) is 6.92 Å². The van der Waals surface area contributed by atoms with Gasteiger partial charge < -0.3 is 79.2 Å². The van der Waals surface area contributed by atoms with Crippen LogP contribution in [0.15, 0.2) is 0 Å². The van der Waals surface area contributed by atoms with Crippen molar-refractivity contribution in [2.75, 3.05) is 79.3 Å². The fraction of sp³-hybridized carbons (Fsp3) is 0.929. The van der Waals surface area contributed by atoms with Crippen LogP contribution in [0.3, 0.4) is 0 Å². The highest BCUT2D eigenvalue weighted by Crippen LogP contribution is 2.23. The number of aliphatic hydroxyl groups is 6. The third kappa shape index (κ3) is 13.9. The molecule has 2 amide bonds. The summed E-state index contributed by atoms with van der Waals surface area (Å²) in [5.74, 6) is -0.765. The van der Waals surface area contributed by atoms with E-state index in [1.54, 1.807) is 0 Å². The molecule has 2 aliphatic heterocycles. The van der Waals surface area contributed by atoms with Crippen LogP contribution in [0.2, 0.25) is 0 Å². The Labute approximate surface area is 268 Å². The van der Waals surface area contributed by atoms with Gasteiger partial charge in [0.1, 0.15) is 48.7 Å². The molecule has 0 radical (unpaired) electrons. The molecule has 8 N–H and O–H groups in total. The van der Waals surface area contributed by atoms with Crippen molar-refractivity contribution in [1.82, 2.24) is 10.6 Å². The number of rotatable bonds is 22. The van der Waals surface area contributed by atoms with E-state index in [1.165, 1.54) is 13.8 Å². The topological polar surface area (TPSA) is 253 Å². The predicted molar refractivity (Wildman–Crippen MR) is 155 cm³/mol. The van der Waals surface area contributed by atoms with Gasteiger partial charge in [-0.05, 0) is 0 Å². The van der Waals surface area contributed by atoms with Gasteiger partial charge in [0.15, 0.2) is 12.6 Å². The average molecular weight is 673 g/mol. The van der Waals surface area contributed by atoms with Crippen LogP contribution in [0.25, 0.3) is 0 Å². The maximum Gasteiger partial charge on any atom is 0.217 e. The molecule has 0 bridgehead atoms. The lowest BCUT2D eigenvalue weighted by Crippen LogP contribution is -2.64. The van der Waals surface area contributed by atoms with Crippen molar-refractivity contribution in [2.24, 2.45) is 5.92 Å². The predicted octanol–water partition coefficient (Wildman–Crippen LogP) is -4.39. The smallest absolute Gasteiger partial charge is 0.217 e. The van der Waals surface area contributed by atoms with Crippen LogP contribution >= 0.6 is 0 Å². The minimum atomic E-state index is -1.38. The normalized spacial score (nSPS) is 32.2. The molecule has 2 aliphatic rings. The van der Waals surface area contributed by atoms with E-state index in [-0.39, 0.29) is 32.3 Å². The Kier molecular flexibility index (Phi) is 19.5. The Morgan fingerprint density at radius 3 is 1.30 bits per heavy atom. The second kappa shape index (κ2) is 22.1. The van der Waals surface area contributed by atoms with Gasteiger partial charge in [0.25, 0.3) is 0 Å². The van der Waals surface area contributed by atoms with Gasteiger partial charge >= 0.3 is 0 Å². The zero-order valence-corrected chi connectivity index (χ0v) is 26.6. The summed E-state index contributed by atoms with van der Waals surface area (Å²) in [6, 6.07) is -2.02. The van der Waals surface area contributed by atoms with E-state index in [0.717, 1.165) is 0 Å². The van der Waals surface area contributed by atoms with Crippen molar-refractivity contribution in [2.45, 2.75) is 82.1 Å². The molecule has 0 spiro atoms. The van der Waals surface area contributed by atoms with Gasteiger partial charge in [-0.3, -0.25) is 9.59 Å². The van der Waals surface area contributed by atoms with E-state index in [0.29, 0.717) is 39.6 Å². The molecule has 0 aromatic rings. The minimum Gasteiger partial charge on any atom is -0.394 e. The Morgan fingerprint density at radius 1 is 0.609 bits per heavy atom. The summed E-state index contributed by atoms with van der Waals surface area (Å²) in [5, 5.41) is 64.3. The van der Waals surface area contributed by atoms with Crippen molar-refractivity contribution in [3.05, 3.63) is 0 Å². The second-order valence-electron chi connectivity index (χ2n) is 11.1. The second-order valence-corrected chi connectivity index (χ2v) is 11.1. The number of ether oxygens (including phenoxy) is 8. The SMILES string of the molecule is CC(=O)NC1C(OCCOCCOCC(C)COCCOCCO[C@@H]2OC(CO)[C@H](O)C(O)C2NC(C)=O)OC(CO)[C@H](O)C1O. The van der Waals surface area contributed by atoms with Gasteiger partial charge in [0.05, 0.1) is 79.3 Å². The van der Waals surface area contributed by atoms with Gasteiger partial charge in [-0.15, -0.1) is 0 Å². The Balaban J connectivity index is 1.48. The fourth-order valence-electron chi connectivity index (χ4n) is 4.73. The molecule has 0 saturated carbocycles. The van der Waals surface area contributed by atoms with E-state index in [4.69, 9.17) is 37.9 Å². The zero-order valence-electron chi connectivity index (χ0n) is 26.6. The lowest BCUT2D eigenvalue weighted by atomic mass is 9.97. The highest BCUT2D eigenvalue weighted by Gasteiger charge is 2.46. The molecule has 11 atom stereocenters. The van der Waals surface area contributed by atoms with Crippen LogP contribution in [0.4, 0.5) is 0 Å². The summed E-state index contributed by atoms with van der Waals surface area (Å²) in [4.78, 5) is 22.9. The molecule has 2 saturated heterocycles. The summed E-state index contributed by atoms with van der Waals surface area (Å²) in [6.07, 6.45) is -9.79. The van der Waals surface area contributed by atoms with E-state index in [9.17, 15) is 40.2 Å². The van der Waals surface area contributed by atoms with E-state index >= 15 is 0 Å². The highest BCUT2D eigenvalue weighted by atomic mass is 16.7. The highest BCUT2D eigenvalue weighted by molar-refractivity contribution is 5.73. The van der Waals surface area contributed by atoms with Crippen LogP contribution < -0.4 is 10.6 Å². The van der Waals surface area contributed by atoms with Crippen LogP contribution in [0, 0.1) is 5.92 Å². The largest absolute Gasteiger partial charge is 0.394 e. The van der Waals surface area contributed by atoms with E-state index in [2.05, 4.69) is 10.6 Å². The number of aliphatic hydroxyl groups excluding tert-OH is 6. The van der Waals surface area contributed by atoms with E-state index < -0.39 is 86.3 Å². The quantitative estimate of drug-likeness (QED) is 0.0506. The summed E-state index contributed by atoms with van der Waals surface area (Å²) >= 11 is 0. The van der Waals surface area contributed by atoms with Crippen molar-refractivity contribution >= 4 is 11.8 Å². The molecule has 2 rings (SSSR count). The molecule has 2 heterocycles. The molecule has 0 aromatic carbocycles. The Bertz CT molecular complexity index is 792. The van der Waals surface area contributed by atoms with Crippen LogP contribution in [0.5, 0.6) is 0 Å². The molecule has 0 aromatic heterocycles. The average Bonchev–Trinajstić information content (AvgIpc) is 3.01. The number of carbonyl (C=O) groups is 2. The van der Waals surface area contributed by atoms with Crippen molar-refractivity contribution in [1.29, 1.82) is 0 Å². The molecule has 18 nitrogen and oxygen atoms in total. The first-order valence-corrected chi connectivity index (χ1v) is 15.3. The summed E-state index contributed by atoms with van der Waals surface area (Å²) < 4.78 is 44.3. The first kappa shape index (κ1) is 40.6. The Morgan fingerprint density at radius 2 is 0.957 bits per heavy atom.